The van der Waals surface area contributed by atoms with Crippen molar-refractivity contribution in [2.75, 3.05) is 0 Å². The number of benzene rings is 3. The number of hydrogen-bond donors (Lipinski definition) is 3. The van der Waals surface area contributed by atoms with Gasteiger partial charge in [0.05, 0.1) is 0 Å². The van der Waals surface area contributed by atoms with Gasteiger partial charge in [0.2, 0.25) is 0 Å². The first-order valence-corrected chi connectivity index (χ1v) is 10.0. The molecular formula is C24H21N3O6. The molecule has 0 aliphatic carbocycles. The highest BCUT2D eigenvalue weighted by Crippen LogP contribution is 2.20. The Labute approximate surface area is 189 Å². The third-order valence-corrected chi connectivity index (χ3v) is 4.41. The van der Waals surface area contributed by atoms with Gasteiger partial charge in [-0.15, -0.1) is 15.0 Å². The lowest BCUT2D eigenvalue weighted by Crippen LogP contribution is -2.07. The molecular weight excluding hydrogens is 426 g/mol. The van der Waals surface area contributed by atoms with E-state index in [2.05, 4.69) is 15.0 Å². The predicted molar refractivity (Wildman–Crippen MR) is 117 cm³/mol. The quantitative estimate of drug-likeness (QED) is 0.352. The van der Waals surface area contributed by atoms with Crippen molar-refractivity contribution in [1.29, 1.82) is 0 Å². The number of aromatic hydroxyl groups is 3. The molecule has 0 spiro atoms. The number of phenols is 3. The van der Waals surface area contributed by atoms with Crippen LogP contribution in [0.3, 0.4) is 0 Å². The summed E-state index contributed by atoms with van der Waals surface area (Å²) in [6.45, 7) is 0.323. The first-order chi connectivity index (χ1) is 16.0. The third-order valence-electron chi connectivity index (χ3n) is 4.41. The fraction of sp³-hybridized carbons (Fsp3) is 0.125. The molecule has 33 heavy (non-hydrogen) atoms. The number of rotatable bonds is 9. The lowest BCUT2D eigenvalue weighted by atomic mass is 10.2. The van der Waals surface area contributed by atoms with Crippen LogP contribution in [0.4, 0.5) is 0 Å². The lowest BCUT2D eigenvalue weighted by molar-refractivity contribution is 0.222. The summed E-state index contributed by atoms with van der Waals surface area (Å²) in [6, 6.07) is 19.8. The highest BCUT2D eigenvalue weighted by molar-refractivity contribution is 5.28. The molecule has 168 valence electrons. The van der Waals surface area contributed by atoms with Crippen molar-refractivity contribution in [2.45, 2.75) is 19.8 Å². The van der Waals surface area contributed by atoms with E-state index < -0.39 is 0 Å². The van der Waals surface area contributed by atoms with Crippen LogP contribution in [-0.4, -0.2) is 30.3 Å². The molecule has 0 saturated heterocycles. The van der Waals surface area contributed by atoms with E-state index in [1.54, 1.807) is 72.8 Å². The van der Waals surface area contributed by atoms with Crippen LogP contribution >= 0.6 is 0 Å². The van der Waals surface area contributed by atoms with E-state index in [-0.39, 0.29) is 55.1 Å². The van der Waals surface area contributed by atoms with E-state index >= 15 is 0 Å². The Balaban J connectivity index is 1.50. The maximum Gasteiger partial charge on any atom is 0.326 e. The minimum absolute atomic E-state index is 0.0230. The highest BCUT2D eigenvalue weighted by atomic mass is 16.5. The van der Waals surface area contributed by atoms with Crippen LogP contribution in [-0.2, 0) is 19.8 Å². The Kier molecular flexibility index (Phi) is 6.70. The molecule has 0 bridgehead atoms. The predicted octanol–water partition coefficient (Wildman–Crippen LogP) is 3.73. The maximum atomic E-state index is 9.62. The Morgan fingerprint density at radius 2 is 0.788 bits per heavy atom. The SMILES string of the molecule is Oc1cccc(COc2nc(OCc3cccc(O)c3)nc(OCc3cccc(O)c3)n2)c1. The first kappa shape index (κ1) is 21.7. The van der Waals surface area contributed by atoms with Gasteiger partial charge in [-0.25, -0.2) is 0 Å². The van der Waals surface area contributed by atoms with Gasteiger partial charge in [0, 0.05) is 0 Å². The number of phenolic OH excluding ortho intramolecular Hbond substituents is 3. The Morgan fingerprint density at radius 1 is 0.485 bits per heavy atom. The van der Waals surface area contributed by atoms with E-state index in [1.165, 1.54) is 0 Å². The average molecular weight is 447 g/mol. The van der Waals surface area contributed by atoms with Gasteiger partial charge in [-0.3, -0.25) is 0 Å². The topological polar surface area (TPSA) is 127 Å². The van der Waals surface area contributed by atoms with Gasteiger partial charge in [-0.1, -0.05) is 36.4 Å². The van der Waals surface area contributed by atoms with Crippen molar-refractivity contribution < 1.29 is 29.5 Å². The van der Waals surface area contributed by atoms with Crippen molar-refractivity contribution in [3.05, 3.63) is 89.5 Å². The molecule has 0 amide bonds. The van der Waals surface area contributed by atoms with Crippen LogP contribution in [0.5, 0.6) is 35.3 Å². The van der Waals surface area contributed by atoms with Crippen LogP contribution in [0.25, 0.3) is 0 Å². The van der Waals surface area contributed by atoms with Crippen LogP contribution in [0, 0.1) is 0 Å². The molecule has 0 saturated carbocycles. The fourth-order valence-electron chi connectivity index (χ4n) is 2.90. The number of nitrogens with zero attached hydrogens (tertiary/aromatic N) is 3. The monoisotopic (exact) mass is 447 g/mol. The highest BCUT2D eigenvalue weighted by Gasteiger charge is 2.12. The van der Waals surface area contributed by atoms with Gasteiger partial charge in [0.25, 0.3) is 0 Å². The molecule has 4 rings (SSSR count). The third kappa shape index (κ3) is 6.47. The minimum atomic E-state index is -0.0230. The summed E-state index contributed by atoms with van der Waals surface area (Å²) < 4.78 is 17.0. The van der Waals surface area contributed by atoms with Gasteiger partial charge < -0.3 is 29.5 Å². The molecule has 0 aliphatic heterocycles. The molecule has 4 aromatic rings. The maximum absolute atomic E-state index is 9.62. The van der Waals surface area contributed by atoms with Gasteiger partial charge in [0.1, 0.15) is 37.1 Å². The molecule has 9 nitrogen and oxygen atoms in total. The molecule has 0 aliphatic rings. The van der Waals surface area contributed by atoms with Crippen LogP contribution in [0.15, 0.2) is 72.8 Å². The van der Waals surface area contributed by atoms with E-state index in [0.29, 0.717) is 0 Å². The molecule has 0 atom stereocenters. The Bertz CT molecular complexity index is 1070. The second-order valence-electron chi connectivity index (χ2n) is 7.06. The van der Waals surface area contributed by atoms with E-state index in [1.807, 2.05) is 0 Å². The first-order valence-electron chi connectivity index (χ1n) is 10.0. The largest absolute Gasteiger partial charge is 0.508 e. The van der Waals surface area contributed by atoms with Crippen molar-refractivity contribution in [3.8, 4) is 35.3 Å². The molecule has 9 heteroatoms. The normalized spacial score (nSPS) is 10.5. The summed E-state index contributed by atoms with van der Waals surface area (Å²) in [5.41, 5.74) is 2.17. The van der Waals surface area contributed by atoms with Crippen molar-refractivity contribution >= 4 is 0 Å². The van der Waals surface area contributed by atoms with Gasteiger partial charge in [-0.05, 0) is 53.1 Å². The zero-order valence-electron chi connectivity index (χ0n) is 17.5. The standard InChI is InChI=1S/C24H21N3O6/c28-19-7-1-4-16(10-19)13-31-22-25-23(32-14-17-5-2-8-20(29)11-17)27-24(26-22)33-15-18-6-3-9-21(30)12-18/h1-12,28-30H,13-15H2. The summed E-state index contributed by atoms with van der Waals surface area (Å²) in [6.07, 6.45) is 0. The Hall–Kier alpha value is -4.53. The minimum Gasteiger partial charge on any atom is -0.508 e. The molecule has 1 aromatic heterocycles. The van der Waals surface area contributed by atoms with Crippen molar-refractivity contribution in [3.63, 3.8) is 0 Å². The molecule has 0 unspecified atom stereocenters. The lowest BCUT2D eigenvalue weighted by Gasteiger charge is -2.10. The van der Waals surface area contributed by atoms with E-state index in [9.17, 15) is 15.3 Å². The molecule has 1 heterocycles. The summed E-state index contributed by atoms with van der Waals surface area (Å²) in [5.74, 6) is 0.367. The van der Waals surface area contributed by atoms with Gasteiger partial charge in [-0.2, -0.15) is 0 Å². The smallest absolute Gasteiger partial charge is 0.326 e. The summed E-state index contributed by atoms with van der Waals surface area (Å²) in [5, 5.41) is 28.9. The number of ether oxygens (including phenoxy) is 3. The van der Waals surface area contributed by atoms with Gasteiger partial charge in [0.15, 0.2) is 0 Å². The van der Waals surface area contributed by atoms with Crippen molar-refractivity contribution in [2.24, 2.45) is 0 Å². The second-order valence-corrected chi connectivity index (χ2v) is 7.06. The zero-order chi connectivity index (χ0) is 23.0. The average Bonchev–Trinajstić information content (AvgIpc) is 2.80. The second kappa shape index (κ2) is 10.2. The molecule has 0 fully saturated rings. The summed E-state index contributed by atoms with van der Waals surface area (Å²) in [4.78, 5) is 12.5. The fourth-order valence-corrected chi connectivity index (χ4v) is 2.90. The van der Waals surface area contributed by atoms with E-state index in [4.69, 9.17) is 14.2 Å². The van der Waals surface area contributed by atoms with Gasteiger partial charge >= 0.3 is 18.0 Å². The Morgan fingerprint density at radius 3 is 1.06 bits per heavy atom. The van der Waals surface area contributed by atoms with Crippen LogP contribution in [0.2, 0.25) is 0 Å². The van der Waals surface area contributed by atoms with Crippen LogP contribution in [0.1, 0.15) is 16.7 Å². The van der Waals surface area contributed by atoms with E-state index in [0.717, 1.165) is 16.7 Å². The summed E-state index contributed by atoms with van der Waals surface area (Å²) in [7, 11) is 0. The molecule has 0 radical (unpaired) electrons. The number of hydrogen-bond acceptors (Lipinski definition) is 9. The molecule has 3 N–H and O–H groups in total. The molecule has 3 aromatic carbocycles. The summed E-state index contributed by atoms with van der Waals surface area (Å²) >= 11 is 0. The van der Waals surface area contributed by atoms with Crippen molar-refractivity contribution in [1.82, 2.24) is 15.0 Å². The van der Waals surface area contributed by atoms with Crippen LogP contribution < -0.4 is 14.2 Å². The zero-order valence-corrected chi connectivity index (χ0v) is 17.5. The number of aromatic nitrogens is 3.